The van der Waals surface area contributed by atoms with Crippen LogP contribution in [0.15, 0.2) is 78.5 Å². The lowest BCUT2D eigenvalue weighted by Gasteiger charge is -2.16. The first kappa shape index (κ1) is 20.9. The zero-order valence-electron chi connectivity index (χ0n) is 17.5. The maximum atomic E-state index is 13.4. The summed E-state index contributed by atoms with van der Waals surface area (Å²) in [5, 5.41) is 3.76. The molecular formula is C26H23ClN2O2. The minimum Gasteiger partial charge on any atom is -0.350 e. The molecular weight excluding hydrogens is 408 g/mol. The van der Waals surface area contributed by atoms with Gasteiger partial charge in [0.1, 0.15) is 5.70 Å². The molecule has 0 bridgehead atoms. The number of benzene rings is 3. The summed E-state index contributed by atoms with van der Waals surface area (Å²) in [5.41, 5.74) is 5.19. The Morgan fingerprint density at radius 2 is 1.58 bits per heavy atom. The number of carbonyl (C=O) groups is 2. The van der Waals surface area contributed by atoms with Gasteiger partial charge < -0.3 is 5.32 Å². The fourth-order valence-electron chi connectivity index (χ4n) is 3.63. The highest BCUT2D eigenvalue weighted by molar-refractivity contribution is 6.36. The van der Waals surface area contributed by atoms with E-state index < -0.39 is 0 Å². The fraction of sp³-hybridized carbons (Fsp3) is 0.154. The number of aryl methyl sites for hydroxylation is 2. The average Bonchev–Trinajstić information content (AvgIpc) is 3.00. The number of hydrogen-bond acceptors (Lipinski definition) is 3. The summed E-state index contributed by atoms with van der Waals surface area (Å²) in [6, 6.07) is 22.9. The Bertz CT molecular complexity index is 1170. The first-order valence-electron chi connectivity index (χ1n) is 10.2. The molecule has 0 spiro atoms. The molecule has 0 saturated carbocycles. The van der Waals surface area contributed by atoms with Crippen molar-refractivity contribution in [3.05, 3.63) is 106 Å². The zero-order valence-corrected chi connectivity index (χ0v) is 18.2. The van der Waals surface area contributed by atoms with E-state index in [0.29, 0.717) is 34.8 Å². The second-order valence-corrected chi connectivity index (χ2v) is 8.13. The Balaban J connectivity index is 1.70. The highest BCUT2D eigenvalue weighted by Crippen LogP contribution is 2.32. The maximum Gasteiger partial charge on any atom is 0.278 e. The molecule has 1 N–H and O–H groups in total. The fourth-order valence-corrected chi connectivity index (χ4v) is 3.80. The predicted octanol–water partition coefficient (Wildman–Crippen LogP) is 5.39. The SMILES string of the molecule is Cc1ccc(C2=C(Nc3cc(Cl)ccc3C)C(=O)N(CCc3ccccc3)C2=O)cc1. The zero-order chi connectivity index (χ0) is 22.0. The third kappa shape index (κ3) is 4.39. The van der Waals surface area contributed by atoms with Crippen LogP contribution in [0.4, 0.5) is 5.69 Å². The van der Waals surface area contributed by atoms with Gasteiger partial charge in [-0.15, -0.1) is 0 Å². The summed E-state index contributed by atoms with van der Waals surface area (Å²) in [6.45, 7) is 4.23. The predicted molar refractivity (Wildman–Crippen MR) is 125 cm³/mol. The van der Waals surface area contributed by atoms with Crippen LogP contribution in [0.1, 0.15) is 22.3 Å². The molecule has 3 aromatic rings. The van der Waals surface area contributed by atoms with E-state index in [2.05, 4.69) is 5.32 Å². The van der Waals surface area contributed by atoms with Crippen molar-refractivity contribution >= 4 is 34.7 Å². The van der Waals surface area contributed by atoms with Crippen LogP contribution in [0.25, 0.3) is 5.57 Å². The van der Waals surface area contributed by atoms with Crippen molar-refractivity contribution in [1.82, 2.24) is 4.90 Å². The van der Waals surface area contributed by atoms with Crippen LogP contribution >= 0.6 is 11.6 Å². The molecule has 0 aromatic heterocycles. The van der Waals surface area contributed by atoms with Gasteiger partial charge in [0.15, 0.2) is 0 Å². The normalized spacial score (nSPS) is 13.8. The highest BCUT2D eigenvalue weighted by atomic mass is 35.5. The van der Waals surface area contributed by atoms with Gasteiger partial charge in [-0.25, -0.2) is 0 Å². The van der Waals surface area contributed by atoms with E-state index in [-0.39, 0.29) is 17.5 Å². The van der Waals surface area contributed by atoms with Crippen LogP contribution in [0.3, 0.4) is 0 Å². The summed E-state index contributed by atoms with van der Waals surface area (Å²) >= 11 is 6.17. The molecule has 0 aliphatic carbocycles. The van der Waals surface area contributed by atoms with Gasteiger partial charge in [-0.3, -0.25) is 14.5 Å². The second kappa shape index (κ2) is 8.78. The van der Waals surface area contributed by atoms with Crippen molar-refractivity contribution in [2.24, 2.45) is 0 Å². The van der Waals surface area contributed by atoms with Gasteiger partial charge in [-0.2, -0.15) is 0 Å². The Hall–Kier alpha value is -3.37. The van der Waals surface area contributed by atoms with E-state index in [1.54, 1.807) is 12.1 Å². The number of rotatable bonds is 6. The molecule has 1 heterocycles. The lowest BCUT2D eigenvalue weighted by atomic mass is 10.0. The van der Waals surface area contributed by atoms with Crippen LogP contribution < -0.4 is 5.32 Å². The van der Waals surface area contributed by atoms with Crippen molar-refractivity contribution in [2.75, 3.05) is 11.9 Å². The smallest absolute Gasteiger partial charge is 0.278 e. The number of nitrogens with zero attached hydrogens (tertiary/aromatic N) is 1. The third-order valence-electron chi connectivity index (χ3n) is 5.43. The Morgan fingerprint density at radius 1 is 0.871 bits per heavy atom. The molecule has 1 aliphatic rings. The molecule has 1 aliphatic heterocycles. The van der Waals surface area contributed by atoms with Crippen molar-refractivity contribution in [2.45, 2.75) is 20.3 Å². The van der Waals surface area contributed by atoms with Crippen molar-refractivity contribution in [3.8, 4) is 0 Å². The number of anilines is 1. The summed E-state index contributed by atoms with van der Waals surface area (Å²) in [5.74, 6) is -0.608. The quantitative estimate of drug-likeness (QED) is 0.533. The monoisotopic (exact) mass is 430 g/mol. The van der Waals surface area contributed by atoms with Crippen LogP contribution in [0, 0.1) is 13.8 Å². The molecule has 31 heavy (non-hydrogen) atoms. The van der Waals surface area contributed by atoms with Gasteiger partial charge in [-0.05, 0) is 49.1 Å². The molecule has 3 aromatic carbocycles. The molecule has 0 unspecified atom stereocenters. The first-order chi connectivity index (χ1) is 14.9. The molecule has 0 fully saturated rings. The van der Waals surface area contributed by atoms with E-state index in [9.17, 15) is 9.59 Å². The number of amides is 2. The summed E-state index contributed by atoms with van der Waals surface area (Å²) in [6.07, 6.45) is 0.600. The standard InChI is InChI=1S/C26H23ClN2O2/c1-17-8-11-20(12-9-17)23-24(28-22-16-21(27)13-10-18(22)2)26(31)29(25(23)30)15-14-19-6-4-3-5-7-19/h3-13,16,28H,14-15H2,1-2H3. The number of hydrogen-bond donors (Lipinski definition) is 1. The number of carbonyl (C=O) groups excluding carboxylic acids is 2. The van der Waals surface area contributed by atoms with Crippen molar-refractivity contribution in [1.29, 1.82) is 0 Å². The van der Waals surface area contributed by atoms with Crippen LogP contribution in [0.2, 0.25) is 5.02 Å². The van der Waals surface area contributed by atoms with E-state index in [0.717, 1.165) is 16.7 Å². The Labute approximate surface area is 187 Å². The third-order valence-corrected chi connectivity index (χ3v) is 5.67. The minimum absolute atomic E-state index is 0.285. The number of imide groups is 1. The summed E-state index contributed by atoms with van der Waals surface area (Å²) in [4.78, 5) is 28.0. The molecule has 4 rings (SSSR count). The minimum atomic E-state index is -0.323. The van der Waals surface area contributed by atoms with Gasteiger partial charge in [0.05, 0.1) is 5.57 Å². The van der Waals surface area contributed by atoms with Crippen LogP contribution in [-0.4, -0.2) is 23.3 Å². The van der Waals surface area contributed by atoms with E-state index in [4.69, 9.17) is 11.6 Å². The van der Waals surface area contributed by atoms with Crippen molar-refractivity contribution < 1.29 is 9.59 Å². The summed E-state index contributed by atoms with van der Waals surface area (Å²) < 4.78 is 0. The topological polar surface area (TPSA) is 49.4 Å². The molecule has 4 nitrogen and oxygen atoms in total. The molecule has 0 radical (unpaired) electrons. The second-order valence-electron chi connectivity index (χ2n) is 7.70. The largest absolute Gasteiger partial charge is 0.350 e. The van der Waals surface area contributed by atoms with Crippen LogP contribution in [-0.2, 0) is 16.0 Å². The maximum absolute atomic E-state index is 13.4. The van der Waals surface area contributed by atoms with Gasteiger partial charge in [0.25, 0.3) is 11.8 Å². The molecule has 2 amide bonds. The lowest BCUT2D eigenvalue weighted by Crippen LogP contribution is -2.34. The van der Waals surface area contributed by atoms with Gasteiger partial charge >= 0.3 is 0 Å². The highest BCUT2D eigenvalue weighted by Gasteiger charge is 2.39. The Morgan fingerprint density at radius 3 is 2.29 bits per heavy atom. The van der Waals surface area contributed by atoms with Gasteiger partial charge in [0, 0.05) is 17.3 Å². The lowest BCUT2D eigenvalue weighted by molar-refractivity contribution is -0.136. The molecule has 5 heteroatoms. The average molecular weight is 431 g/mol. The van der Waals surface area contributed by atoms with Crippen molar-refractivity contribution in [3.63, 3.8) is 0 Å². The van der Waals surface area contributed by atoms with E-state index >= 15 is 0 Å². The van der Waals surface area contributed by atoms with Crippen LogP contribution in [0.5, 0.6) is 0 Å². The van der Waals surface area contributed by atoms with E-state index in [1.807, 2.05) is 74.5 Å². The molecule has 0 atom stereocenters. The number of nitrogens with one attached hydrogen (secondary N) is 1. The Kier molecular flexibility index (Phi) is 5.92. The van der Waals surface area contributed by atoms with Gasteiger partial charge in [-0.1, -0.05) is 77.8 Å². The molecule has 156 valence electrons. The summed E-state index contributed by atoms with van der Waals surface area (Å²) in [7, 11) is 0. The first-order valence-corrected chi connectivity index (χ1v) is 10.6. The van der Waals surface area contributed by atoms with Gasteiger partial charge in [0.2, 0.25) is 0 Å². The number of halogens is 1. The van der Waals surface area contributed by atoms with E-state index in [1.165, 1.54) is 4.90 Å². The molecule has 0 saturated heterocycles.